The summed E-state index contributed by atoms with van der Waals surface area (Å²) in [5.41, 5.74) is 8.29. The van der Waals surface area contributed by atoms with E-state index < -0.39 is 4.92 Å². The van der Waals surface area contributed by atoms with Crippen molar-refractivity contribution >= 4 is 22.7 Å². The number of nitrogen functional groups attached to an aromatic ring is 1. The number of rotatable bonds is 3. The minimum atomic E-state index is -0.405. The van der Waals surface area contributed by atoms with Crippen LogP contribution in [-0.2, 0) is 9.47 Å². The number of nitrogens with two attached hydrogens (primary N) is 1. The highest BCUT2D eigenvalue weighted by Gasteiger charge is 2.20. The molecule has 172 valence electrons. The molecule has 2 saturated heterocycles. The number of ether oxygens (including phenoxy) is 2. The molecular weight excluding hydrogens is 404 g/mol. The van der Waals surface area contributed by atoms with Crippen LogP contribution in [0.4, 0.5) is 22.7 Å². The van der Waals surface area contributed by atoms with Crippen LogP contribution in [0.5, 0.6) is 0 Å². The van der Waals surface area contributed by atoms with Crippen molar-refractivity contribution < 1.29 is 19.5 Å². The van der Waals surface area contributed by atoms with E-state index in [1.807, 2.05) is 11.0 Å². The largest absolute Gasteiger partial charge is 0.400 e. The highest BCUT2D eigenvalue weighted by Crippen LogP contribution is 2.26. The van der Waals surface area contributed by atoms with E-state index in [-0.39, 0.29) is 13.1 Å². The van der Waals surface area contributed by atoms with Crippen molar-refractivity contribution in [1.82, 2.24) is 9.97 Å². The van der Waals surface area contributed by atoms with Crippen molar-refractivity contribution in [3.63, 3.8) is 0 Å². The summed E-state index contributed by atoms with van der Waals surface area (Å²) in [6.07, 6.45) is 6.30. The second-order valence-corrected chi connectivity index (χ2v) is 6.25. The molecule has 11 nitrogen and oxygen atoms in total. The van der Waals surface area contributed by atoms with Gasteiger partial charge in [0.15, 0.2) is 0 Å². The molecule has 31 heavy (non-hydrogen) atoms. The molecule has 0 aromatic carbocycles. The third kappa shape index (κ3) is 7.63. The second-order valence-electron chi connectivity index (χ2n) is 6.25. The Balaban J connectivity index is 0.000000281. The number of aliphatic hydroxyl groups excluding tert-OH is 1. The summed E-state index contributed by atoms with van der Waals surface area (Å²) in [4.78, 5) is 22.3. The van der Waals surface area contributed by atoms with Gasteiger partial charge in [0.1, 0.15) is 11.9 Å². The number of hydrogen-bond acceptors (Lipinski definition) is 10. The van der Waals surface area contributed by atoms with E-state index in [9.17, 15) is 10.1 Å². The summed E-state index contributed by atoms with van der Waals surface area (Å²) in [6, 6.07) is 3.62. The molecule has 2 aliphatic rings. The molecule has 0 aliphatic carbocycles. The van der Waals surface area contributed by atoms with Crippen LogP contribution in [0.3, 0.4) is 0 Å². The molecule has 2 fully saturated rings. The van der Waals surface area contributed by atoms with Gasteiger partial charge < -0.3 is 30.1 Å². The molecule has 2 aliphatic heterocycles. The maximum absolute atomic E-state index is 10.8. The Morgan fingerprint density at radius 3 is 1.87 bits per heavy atom. The van der Waals surface area contributed by atoms with Crippen molar-refractivity contribution in [3.05, 3.63) is 47.0 Å². The number of aliphatic hydroxyl groups is 1. The minimum absolute atomic E-state index is 0. The van der Waals surface area contributed by atoms with Crippen LogP contribution < -0.4 is 15.5 Å². The van der Waals surface area contributed by atoms with Gasteiger partial charge in [0.05, 0.1) is 48.9 Å². The number of morpholine rings is 2. The summed E-state index contributed by atoms with van der Waals surface area (Å²) in [5, 5.41) is 17.8. The number of hydrogen-bond donors (Lipinski definition) is 2. The molecule has 4 rings (SSSR count). The van der Waals surface area contributed by atoms with Crippen LogP contribution in [0.15, 0.2) is 36.9 Å². The molecule has 0 saturated carbocycles. The smallest absolute Gasteiger partial charge is 0.310 e. The lowest BCUT2D eigenvalue weighted by molar-refractivity contribution is -0.384. The van der Waals surface area contributed by atoms with Gasteiger partial charge in [0.25, 0.3) is 0 Å². The minimum Gasteiger partial charge on any atom is -0.400 e. The average molecular weight is 437 g/mol. The quantitative estimate of drug-likeness (QED) is 0.538. The van der Waals surface area contributed by atoms with Crippen LogP contribution in [-0.4, -0.2) is 79.7 Å². The van der Waals surface area contributed by atoms with E-state index in [0.29, 0.717) is 32.0 Å². The van der Waals surface area contributed by atoms with Crippen molar-refractivity contribution in [2.75, 3.05) is 75.2 Å². The summed E-state index contributed by atoms with van der Waals surface area (Å²) in [6.45, 7) is 5.97. The molecule has 4 heterocycles. The molecule has 0 spiro atoms. The molecule has 3 N–H and O–H groups in total. The molecule has 0 unspecified atom stereocenters. The van der Waals surface area contributed by atoms with Gasteiger partial charge in [-0.25, -0.2) is 0 Å². The van der Waals surface area contributed by atoms with Crippen molar-refractivity contribution in [1.29, 1.82) is 0 Å². The zero-order chi connectivity index (χ0) is 21.8. The molecular formula is C20H32N6O5. The zero-order valence-corrected chi connectivity index (χ0v) is 17.0. The third-order valence-corrected chi connectivity index (χ3v) is 4.51. The summed E-state index contributed by atoms with van der Waals surface area (Å²) in [5.74, 6) is 0. The van der Waals surface area contributed by atoms with Crippen LogP contribution in [0, 0.1) is 10.1 Å². The monoisotopic (exact) mass is 436 g/mol. The van der Waals surface area contributed by atoms with E-state index in [1.54, 1.807) is 24.7 Å². The molecule has 0 atom stereocenters. The highest BCUT2D eigenvalue weighted by atomic mass is 16.6. The molecule has 11 heteroatoms. The first-order valence-electron chi connectivity index (χ1n) is 9.55. The first-order valence-corrected chi connectivity index (χ1v) is 9.55. The fourth-order valence-corrected chi connectivity index (χ4v) is 3.08. The zero-order valence-electron chi connectivity index (χ0n) is 17.0. The lowest BCUT2D eigenvalue weighted by Gasteiger charge is -2.29. The number of nitrogens with zero attached hydrogens (tertiary/aromatic N) is 5. The van der Waals surface area contributed by atoms with Gasteiger partial charge in [-0.3, -0.25) is 20.1 Å². The average Bonchev–Trinajstić information content (AvgIpc) is 2.82. The molecule has 0 bridgehead atoms. The number of pyridine rings is 2. The first-order chi connectivity index (χ1) is 14.7. The summed E-state index contributed by atoms with van der Waals surface area (Å²) in [7, 11) is 1.00. The summed E-state index contributed by atoms with van der Waals surface area (Å²) < 4.78 is 10.5. The predicted octanol–water partition coefficient (Wildman–Crippen LogP) is 1.57. The number of aromatic nitrogens is 2. The molecule has 0 radical (unpaired) electrons. The molecule has 2 aromatic heterocycles. The fraction of sp³-hybridized carbons (Fsp3) is 0.500. The van der Waals surface area contributed by atoms with Crippen LogP contribution >= 0.6 is 0 Å². The van der Waals surface area contributed by atoms with Gasteiger partial charge >= 0.3 is 5.69 Å². The van der Waals surface area contributed by atoms with Crippen molar-refractivity contribution in [3.8, 4) is 0 Å². The van der Waals surface area contributed by atoms with Gasteiger partial charge in [0.2, 0.25) is 0 Å². The van der Waals surface area contributed by atoms with E-state index >= 15 is 0 Å². The van der Waals surface area contributed by atoms with E-state index in [2.05, 4.69) is 14.9 Å². The third-order valence-electron chi connectivity index (χ3n) is 4.51. The Morgan fingerprint density at radius 1 is 0.935 bits per heavy atom. The van der Waals surface area contributed by atoms with Crippen LogP contribution in [0.2, 0.25) is 0 Å². The Kier molecular flexibility index (Phi) is 11.8. The normalized spacial score (nSPS) is 15.4. The summed E-state index contributed by atoms with van der Waals surface area (Å²) >= 11 is 0. The van der Waals surface area contributed by atoms with Gasteiger partial charge in [-0.15, -0.1) is 0 Å². The fourth-order valence-electron chi connectivity index (χ4n) is 3.08. The van der Waals surface area contributed by atoms with Crippen molar-refractivity contribution in [2.24, 2.45) is 0 Å². The van der Waals surface area contributed by atoms with Crippen LogP contribution in [0.25, 0.3) is 0 Å². The molecule has 2 aromatic rings. The van der Waals surface area contributed by atoms with E-state index in [1.165, 1.54) is 6.20 Å². The van der Waals surface area contributed by atoms with Crippen LogP contribution in [0.1, 0.15) is 7.43 Å². The first kappa shape index (κ1) is 26.0. The van der Waals surface area contributed by atoms with E-state index in [0.717, 1.165) is 44.8 Å². The lowest BCUT2D eigenvalue weighted by atomic mass is 10.3. The number of anilines is 3. The molecule has 0 amide bonds. The predicted molar refractivity (Wildman–Crippen MR) is 120 cm³/mol. The van der Waals surface area contributed by atoms with Gasteiger partial charge in [0, 0.05) is 45.7 Å². The number of nitro groups is 1. The SMILES string of the molecule is C.CO.Nc1cnccc1N1CCOCC1.O=[N+]([O-])c1cnccc1N1CCOCC1. The Hall–Kier alpha value is -3.02. The maximum atomic E-state index is 10.8. The Labute approximate surface area is 182 Å². The lowest BCUT2D eigenvalue weighted by Crippen LogP contribution is -2.36. The highest BCUT2D eigenvalue weighted by molar-refractivity contribution is 5.66. The van der Waals surface area contributed by atoms with Gasteiger partial charge in [-0.2, -0.15) is 0 Å². The standard InChI is InChI=1S/C9H11N3O3.C9H13N3O.CH4O.CH4/c13-12(14)9-7-10-2-1-8(9)11-3-5-15-6-4-11;10-8-7-11-2-1-9(8)12-3-5-13-6-4-12;1-2;/h1-2,7H,3-6H2;1-2,7H,3-6,10H2;2H,1H3;1H4. The van der Waals surface area contributed by atoms with Crippen molar-refractivity contribution in [2.45, 2.75) is 7.43 Å². The Morgan fingerprint density at radius 2 is 1.39 bits per heavy atom. The topological polar surface area (TPSA) is 140 Å². The van der Waals surface area contributed by atoms with Gasteiger partial charge in [-0.05, 0) is 12.1 Å². The maximum Gasteiger partial charge on any atom is 0.310 e. The second kappa shape index (κ2) is 14.1. The van der Waals surface area contributed by atoms with E-state index in [4.69, 9.17) is 20.3 Å². The Bertz CT molecular complexity index is 782. The van der Waals surface area contributed by atoms with Gasteiger partial charge in [-0.1, -0.05) is 7.43 Å².